The summed E-state index contributed by atoms with van der Waals surface area (Å²) in [5, 5.41) is 10.8. The van der Waals surface area contributed by atoms with Gasteiger partial charge in [-0.05, 0) is 31.5 Å². The van der Waals surface area contributed by atoms with E-state index < -0.39 is 22.7 Å². The summed E-state index contributed by atoms with van der Waals surface area (Å²) in [5.41, 5.74) is 1.37. The van der Waals surface area contributed by atoms with Gasteiger partial charge in [-0.3, -0.25) is 14.9 Å². The van der Waals surface area contributed by atoms with Crippen LogP contribution in [-0.2, 0) is 4.74 Å². The van der Waals surface area contributed by atoms with Crippen molar-refractivity contribution < 1.29 is 23.7 Å². The number of aromatic nitrogens is 2. The van der Waals surface area contributed by atoms with Crippen LogP contribution in [0.5, 0.6) is 0 Å². The molecule has 0 aliphatic carbocycles. The van der Waals surface area contributed by atoms with Crippen LogP contribution in [0.4, 0.5) is 11.7 Å². The fourth-order valence-electron chi connectivity index (χ4n) is 3.58. The SMILES string of the molecule is CCOC(=O)c1nc2ccccc2nc1N1CCCN(C(=O)c2ccc([N+](=O)[O-])o2)CC1. The lowest BCUT2D eigenvalue weighted by atomic mass is 10.2. The van der Waals surface area contributed by atoms with E-state index in [1.54, 1.807) is 17.9 Å². The highest BCUT2D eigenvalue weighted by Gasteiger charge is 2.28. The van der Waals surface area contributed by atoms with Crippen molar-refractivity contribution in [2.24, 2.45) is 0 Å². The Labute approximate surface area is 182 Å². The molecule has 4 rings (SSSR count). The number of carbonyl (C=O) groups excluding carboxylic acids is 2. The van der Waals surface area contributed by atoms with E-state index in [2.05, 4.69) is 9.97 Å². The van der Waals surface area contributed by atoms with Gasteiger partial charge >= 0.3 is 11.9 Å². The molecule has 3 aromatic rings. The Hall–Kier alpha value is -4.02. The summed E-state index contributed by atoms with van der Waals surface area (Å²) in [6.07, 6.45) is 0.602. The van der Waals surface area contributed by atoms with Crippen LogP contribution in [0.3, 0.4) is 0 Å². The normalized spacial score (nSPS) is 14.3. The van der Waals surface area contributed by atoms with E-state index in [0.717, 1.165) is 6.07 Å². The molecule has 11 heteroatoms. The highest BCUT2D eigenvalue weighted by molar-refractivity contribution is 5.95. The number of anilines is 1. The summed E-state index contributed by atoms with van der Waals surface area (Å²) >= 11 is 0. The molecule has 0 spiro atoms. The average Bonchev–Trinajstić information content (AvgIpc) is 3.17. The van der Waals surface area contributed by atoms with E-state index in [9.17, 15) is 19.7 Å². The van der Waals surface area contributed by atoms with Gasteiger partial charge in [-0.1, -0.05) is 12.1 Å². The Kier molecular flexibility index (Phi) is 5.97. The number of hydrogen-bond acceptors (Lipinski definition) is 9. The first-order valence-corrected chi connectivity index (χ1v) is 10.2. The van der Waals surface area contributed by atoms with Gasteiger partial charge in [-0.2, -0.15) is 0 Å². The van der Waals surface area contributed by atoms with E-state index in [1.807, 2.05) is 23.1 Å². The summed E-state index contributed by atoms with van der Waals surface area (Å²) in [4.78, 5) is 48.1. The van der Waals surface area contributed by atoms with E-state index in [0.29, 0.717) is 49.5 Å². The predicted molar refractivity (Wildman–Crippen MR) is 114 cm³/mol. The number of benzene rings is 1. The van der Waals surface area contributed by atoms with Crippen LogP contribution in [0.15, 0.2) is 40.8 Å². The summed E-state index contributed by atoms with van der Waals surface area (Å²) in [6.45, 7) is 3.63. The molecule has 1 fully saturated rings. The van der Waals surface area contributed by atoms with Crippen molar-refractivity contribution in [2.45, 2.75) is 13.3 Å². The van der Waals surface area contributed by atoms with Crippen LogP contribution < -0.4 is 4.90 Å². The number of nitro groups is 1. The van der Waals surface area contributed by atoms with Gasteiger partial charge < -0.3 is 19.0 Å². The zero-order chi connectivity index (χ0) is 22.7. The number of amides is 1. The summed E-state index contributed by atoms with van der Waals surface area (Å²) < 4.78 is 10.2. The molecule has 1 aromatic carbocycles. The fraction of sp³-hybridized carbons (Fsp3) is 0.333. The van der Waals surface area contributed by atoms with Crippen LogP contribution >= 0.6 is 0 Å². The Morgan fingerprint density at radius 3 is 2.53 bits per heavy atom. The van der Waals surface area contributed by atoms with Crippen LogP contribution in [0.25, 0.3) is 11.0 Å². The quantitative estimate of drug-likeness (QED) is 0.334. The number of furan rings is 1. The van der Waals surface area contributed by atoms with E-state index in [-0.39, 0.29) is 18.1 Å². The molecule has 1 saturated heterocycles. The number of nitrogens with zero attached hydrogens (tertiary/aromatic N) is 5. The Bertz CT molecular complexity index is 1180. The molecule has 11 nitrogen and oxygen atoms in total. The number of ether oxygens (including phenoxy) is 1. The first-order valence-electron chi connectivity index (χ1n) is 10.2. The molecule has 0 N–H and O–H groups in total. The van der Waals surface area contributed by atoms with Crippen molar-refractivity contribution in [3.8, 4) is 0 Å². The summed E-state index contributed by atoms with van der Waals surface area (Å²) in [7, 11) is 0. The third-order valence-corrected chi connectivity index (χ3v) is 5.09. The van der Waals surface area contributed by atoms with Gasteiger partial charge in [0.2, 0.25) is 0 Å². The molecule has 32 heavy (non-hydrogen) atoms. The van der Waals surface area contributed by atoms with Crippen molar-refractivity contribution in [3.05, 3.63) is 58.0 Å². The maximum atomic E-state index is 12.8. The highest BCUT2D eigenvalue weighted by Crippen LogP contribution is 2.24. The second kappa shape index (κ2) is 9.00. The monoisotopic (exact) mass is 439 g/mol. The molecular formula is C21H21N5O6. The second-order valence-electron chi connectivity index (χ2n) is 7.13. The standard InChI is InChI=1S/C21H21N5O6/c1-2-31-21(28)18-19(23-15-7-4-3-6-14(15)22-18)24-10-5-11-25(13-12-24)20(27)16-8-9-17(32-16)26(29)30/h3-4,6-9H,2,5,10-13H2,1H3. The van der Waals surface area contributed by atoms with Gasteiger partial charge in [0, 0.05) is 26.2 Å². The molecule has 1 aliphatic heterocycles. The number of fused-ring (bicyclic) bond motifs is 1. The lowest BCUT2D eigenvalue weighted by molar-refractivity contribution is -0.402. The third-order valence-electron chi connectivity index (χ3n) is 5.09. The maximum Gasteiger partial charge on any atom is 0.433 e. The van der Waals surface area contributed by atoms with Crippen molar-refractivity contribution in [1.82, 2.24) is 14.9 Å². The smallest absolute Gasteiger partial charge is 0.433 e. The summed E-state index contributed by atoms with van der Waals surface area (Å²) in [5.74, 6) is -1.13. The molecule has 3 heterocycles. The van der Waals surface area contributed by atoms with Crippen molar-refractivity contribution in [3.63, 3.8) is 0 Å². The van der Waals surface area contributed by atoms with E-state index >= 15 is 0 Å². The van der Waals surface area contributed by atoms with Gasteiger partial charge in [-0.15, -0.1) is 0 Å². The average molecular weight is 439 g/mol. The molecule has 0 radical (unpaired) electrons. The summed E-state index contributed by atoms with van der Waals surface area (Å²) in [6, 6.07) is 9.72. The second-order valence-corrected chi connectivity index (χ2v) is 7.13. The number of para-hydroxylation sites is 2. The Balaban J connectivity index is 1.58. The molecular weight excluding hydrogens is 418 g/mol. The van der Waals surface area contributed by atoms with Crippen molar-refractivity contribution in [1.29, 1.82) is 0 Å². The molecule has 0 bridgehead atoms. The zero-order valence-electron chi connectivity index (χ0n) is 17.4. The number of carbonyl (C=O) groups is 2. The molecule has 166 valence electrons. The fourth-order valence-corrected chi connectivity index (χ4v) is 3.58. The lowest BCUT2D eigenvalue weighted by Crippen LogP contribution is -2.35. The predicted octanol–water partition coefficient (Wildman–Crippen LogP) is 2.66. The topological polar surface area (TPSA) is 132 Å². The van der Waals surface area contributed by atoms with Gasteiger partial charge in [0.1, 0.15) is 4.92 Å². The minimum Gasteiger partial charge on any atom is -0.461 e. The number of esters is 1. The lowest BCUT2D eigenvalue weighted by Gasteiger charge is -2.24. The minimum atomic E-state index is -0.684. The molecule has 0 atom stereocenters. The first kappa shape index (κ1) is 21.2. The van der Waals surface area contributed by atoms with Gasteiger partial charge in [0.05, 0.1) is 23.7 Å². The third kappa shape index (κ3) is 4.22. The van der Waals surface area contributed by atoms with Crippen molar-refractivity contribution in [2.75, 3.05) is 37.7 Å². The minimum absolute atomic E-state index is 0.0807. The number of rotatable bonds is 5. The Morgan fingerprint density at radius 1 is 1.09 bits per heavy atom. The van der Waals surface area contributed by atoms with E-state index in [4.69, 9.17) is 9.15 Å². The van der Waals surface area contributed by atoms with Crippen LogP contribution in [-0.4, -0.2) is 64.5 Å². The maximum absolute atomic E-state index is 12.8. The van der Waals surface area contributed by atoms with E-state index in [1.165, 1.54) is 6.07 Å². The first-order chi connectivity index (χ1) is 15.5. The molecule has 0 saturated carbocycles. The van der Waals surface area contributed by atoms with Crippen LogP contribution in [0, 0.1) is 10.1 Å². The van der Waals surface area contributed by atoms with Gasteiger partial charge in [0.25, 0.3) is 5.91 Å². The zero-order valence-corrected chi connectivity index (χ0v) is 17.4. The number of hydrogen-bond donors (Lipinski definition) is 0. The Morgan fingerprint density at radius 2 is 1.84 bits per heavy atom. The van der Waals surface area contributed by atoms with Gasteiger partial charge in [-0.25, -0.2) is 14.8 Å². The van der Waals surface area contributed by atoms with Crippen LogP contribution in [0.1, 0.15) is 34.4 Å². The molecule has 1 aliphatic rings. The highest BCUT2D eigenvalue weighted by atomic mass is 16.6. The van der Waals surface area contributed by atoms with Crippen molar-refractivity contribution >= 4 is 34.6 Å². The van der Waals surface area contributed by atoms with Crippen LogP contribution in [0.2, 0.25) is 0 Å². The van der Waals surface area contributed by atoms with Gasteiger partial charge in [0.15, 0.2) is 17.3 Å². The molecule has 1 amide bonds. The largest absolute Gasteiger partial charge is 0.461 e. The molecule has 2 aromatic heterocycles. The molecule has 0 unspecified atom stereocenters.